The second-order valence-electron chi connectivity index (χ2n) is 3.58. The van der Waals surface area contributed by atoms with Crippen LogP contribution in [0.1, 0.15) is 24.5 Å². The average Bonchev–Trinajstić information content (AvgIpc) is 2.51. The number of amides is 1. The molecule has 78 valence electrons. The Morgan fingerprint density at radius 2 is 2.36 bits per heavy atom. The maximum absolute atomic E-state index is 11.2. The molecule has 0 atom stereocenters. The molecule has 0 fully saturated rings. The molecule has 1 N–H and O–H groups in total. The monoisotopic (exact) mass is 212 g/mol. The minimum absolute atomic E-state index is 0.0630. The molecule has 0 spiro atoms. The van der Waals surface area contributed by atoms with Crippen molar-refractivity contribution < 1.29 is 4.79 Å². The SMILES string of the molecule is Cc1csc(CCNC(=O)C(C)C)n1. The van der Waals surface area contributed by atoms with Crippen LogP contribution in [0.5, 0.6) is 0 Å². The van der Waals surface area contributed by atoms with Gasteiger partial charge in [0.05, 0.1) is 5.01 Å². The maximum Gasteiger partial charge on any atom is 0.222 e. The first kappa shape index (κ1) is 11.2. The Bertz CT molecular complexity index is 307. The van der Waals surface area contributed by atoms with Crippen LogP contribution in [0, 0.1) is 12.8 Å². The molecule has 1 aromatic rings. The van der Waals surface area contributed by atoms with Crippen molar-refractivity contribution >= 4 is 17.2 Å². The van der Waals surface area contributed by atoms with Crippen molar-refractivity contribution in [3.8, 4) is 0 Å². The molecule has 0 radical (unpaired) electrons. The summed E-state index contributed by atoms with van der Waals surface area (Å²) in [4.78, 5) is 15.5. The van der Waals surface area contributed by atoms with Crippen molar-refractivity contribution in [3.63, 3.8) is 0 Å². The van der Waals surface area contributed by atoms with E-state index in [9.17, 15) is 4.79 Å². The lowest BCUT2D eigenvalue weighted by Crippen LogP contribution is -2.29. The van der Waals surface area contributed by atoms with E-state index in [1.807, 2.05) is 26.2 Å². The Balaban J connectivity index is 2.25. The second kappa shape index (κ2) is 5.10. The molecule has 1 rings (SSSR count). The van der Waals surface area contributed by atoms with E-state index in [4.69, 9.17) is 0 Å². The van der Waals surface area contributed by atoms with Crippen LogP contribution in [-0.4, -0.2) is 17.4 Å². The van der Waals surface area contributed by atoms with Gasteiger partial charge in [0.25, 0.3) is 0 Å². The van der Waals surface area contributed by atoms with Crippen LogP contribution in [0.25, 0.3) is 0 Å². The molecule has 0 aliphatic carbocycles. The molecule has 1 heterocycles. The van der Waals surface area contributed by atoms with Gasteiger partial charge in [-0.15, -0.1) is 11.3 Å². The zero-order valence-corrected chi connectivity index (χ0v) is 9.65. The molecule has 0 aliphatic heterocycles. The summed E-state index contributed by atoms with van der Waals surface area (Å²) in [6.07, 6.45) is 0.830. The molecule has 4 heteroatoms. The number of hydrogen-bond donors (Lipinski definition) is 1. The first-order valence-electron chi connectivity index (χ1n) is 4.78. The number of carbonyl (C=O) groups excluding carboxylic acids is 1. The molecule has 0 bridgehead atoms. The van der Waals surface area contributed by atoms with E-state index in [1.165, 1.54) is 0 Å². The molecule has 1 amide bonds. The summed E-state index contributed by atoms with van der Waals surface area (Å²) in [7, 11) is 0. The summed E-state index contributed by atoms with van der Waals surface area (Å²) < 4.78 is 0. The summed E-state index contributed by atoms with van der Waals surface area (Å²) in [5, 5.41) is 5.98. The van der Waals surface area contributed by atoms with Gasteiger partial charge in [-0.05, 0) is 6.92 Å². The van der Waals surface area contributed by atoms with Crippen molar-refractivity contribution in [2.45, 2.75) is 27.2 Å². The van der Waals surface area contributed by atoms with E-state index in [2.05, 4.69) is 10.3 Å². The van der Waals surface area contributed by atoms with Gasteiger partial charge in [-0.25, -0.2) is 4.98 Å². The van der Waals surface area contributed by atoms with Crippen LogP contribution in [-0.2, 0) is 11.2 Å². The van der Waals surface area contributed by atoms with Crippen LogP contribution >= 0.6 is 11.3 Å². The second-order valence-corrected chi connectivity index (χ2v) is 4.52. The summed E-state index contributed by atoms with van der Waals surface area (Å²) in [5.74, 6) is 0.173. The molecule has 0 aliphatic rings. The number of nitrogens with one attached hydrogen (secondary N) is 1. The van der Waals surface area contributed by atoms with Crippen LogP contribution in [0.2, 0.25) is 0 Å². The molecule has 0 unspecified atom stereocenters. The van der Waals surface area contributed by atoms with Crippen molar-refractivity contribution in [1.82, 2.24) is 10.3 Å². The van der Waals surface area contributed by atoms with Gasteiger partial charge in [-0.3, -0.25) is 4.79 Å². The van der Waals surface area contributed by atoms with E-state index in [0.717, 1.165) is 17.1 Å². The Labute approximate surface area is 88.6 Å². The third-order valence-electron chi connectivity index (χ3n) is 1.83. The lowest BCUT2D eigenvalue weighted by molar-refractivity contribution is -0.123. The van der Waals surface area contributed by atoms with E-state index >= 15 is 0 Å². The van der Waals surface area contributed by atoms with Crippen molar-refractivity contribution in [1.29, 1.82) is 0 Å². The van der Waals surface area contributed by atoms with Gasteiger partial charge >= 0.3 is 0 Å². The predicted octanol–water partition coefficient (Wildman–Crippen LogP) is 1.77. The standard InChI is InChI=1S/C10H16N2OS/c1-7(2)10(13)11-5-4-9-12-8(3)6-14-9/h6-7H,4-5H2,1-3H3,(H,11,13). The highest BCUT2D eigenvalue weighted by atomic mass is 32.1. The fraction of sp³-hybridized carbons (Fsp3) is 0.600. The van der Waals surface area contributed by atoms with Crippen LogP contribution < -0.4 is 5.32 Å². The number of nitrogens with zero attached hydrogens (tertiary/aromatic N) is 1. The summed E-state index contributed by atoms with van der Waals surface area (Å²) >= 11 is 1.65. The zero-order chi connectivity index (χ0) is 10.6. The fourth-order valence-corrected chi connectivity index (χ4v) is 1.79. The highest BCUT2D eigenvalue weighted by molar-refractivity contribution is 7.09. The maximum atomic E-state index is 11.2. The number of rotatable bonds is 4. The van der Waals surface area contributed by atoms with Gasteiger partial charge in [0, 0.05) is 30.0 Å². The number of thiazole rings is 1. The minimum atomic E-state index is 0.0630. The van der Waals surface area contributed by atoms with Gasteiger partial charge in [0.1, 0.15) is 0 Å². The average molecular weight is 212 g/mol. The summed E-state index contributed by atoms with van der Waals surface area (Å²) in [6.45, 7) is 6.45. The molecule has 3 nitrogen and oxygen atoms in total. The number of aryl methyl sites for hydroxylation is 1. The molecule has 14 heavy (non-hydrogen) atoms. The van der Waals surface area contributed by atoms with Gasteiger partial charge in [-0.1, -0.05) is 13.8 Å². The molecular formula is C10H16N2OS. The first-order valence-corrected chi connectivity index (χ1v) is 5.66. The lowest BCUT2D eigenvalue weighted by atomic mass is 10.2. The molecular weight excluding hydrogens is 196 g/mol. The van der Waals surface area contributed by atoms with Crippen molar-refractivity contribution in [2.75, 3.05) is 6.54 Å². The predicted molar refractivity (Wildman–Crippen MR) is 58.4 cm³/mol. The smallest absolute Gasteiger partial charge is 0.222 e. The van der Waals surface area contributed by atoms with Gasteiger partial charge in [-0.2, -0.15) is 0 Å². The van der Waals surface area contributed by atoms with Crippen LogP contribution in [0.3, 0.4) is 0 Å². The van der Waals surface area contributed by atoms with Crippen LogP contribution in [0.15, 0.2) is 5.38 Å². The number of hydrogen-bond acceptors (Lipinski definition) is 3. The largest absolute Gasteiger partial charge is 0.355 e. The van der Waals surface area contributed by atoms with Crippen LogP contribution in [0.4, 0.5) is 0 Å². The van der Waals surface area contributed by atoms with E-state index < -0.39 is 0 Å². The Hall–Kier alpha value is -0.900. The van der Waals surface area contributed by atoms with E-state index in [0.29, 0.717) is 6.54 Å². The summed E-state index contributed by atoms with van der Waals surface area (Å²) in [6, 6.07) is 0. The topological polar surface area (TPSA) is 42.0 Å². The summed E-state index contributed by atoms with van der Waals surface area (Å²) in [5.41, 5.74) is 1.06. The van der Waals surface area contributed by atoms with Crippen molar-refractivity contribution in [2.24, 2.45) is 5.92 Å². The van der Waals surface area contributed by atoms with Gasteiger partial charge < -0.3 is 5.32 Å². The molecule has 0 saturated heterocycles. The fourth-order valence-electron chi connectivity index (χ4n) is 1.01. The zero-order valence-electron chi connectivity index (χ0n) is 8.83. The minimum Gasteiger partial charge on any atom is -0.355 e. The van der Waals surface area contributed by atoms with E-state index in [1.54, 1.807) is 11.3 Å². The highest BCUT2D eigenvalue weighted by Crippen LogP contribution is 2.08. The molecule has 0 saturated carbocycles. The van der Waals surface area contributed by atoms with Gasteiger partial charge in [0.2, 0.25) is 5.91 Å². The Morgan fingerprint density at radius 3 is 2.86 bits per heavy atom. The third-order valence-corrected chi connectivity index (χ3v) is 2.86. The Morgan fingerprint density at radius 1 is 1.64 bits per heavy atom. The quantitative estimate of drug-likeness (QED) is 0.826. The normalized spacial score (nSPS) is 10.6. The van der Waals surface area contributed by atoms with Crippen molar-refractivity contribution in [3.05, 3.63) is 16.1 Å². The lowest BCUT2D eigenvalue weighted by Gasteiger charge is -2.05. The van der Waals surface area contributed by atoms with Gasteiger partial charge in [0.15, 0.2) is 0 Å². The molecule has 1 aromatic heterocycles. The third kappa shape index (κ3) is 3.46. The number of aromatic nitrogens is 1. The Kier molecular flexibility index (Phi) is 4.07. The van der Waals surface area contributed by atoms with E-state index in [-0.39, 0.29) is 11.8 Å². The first-order chi connectivity index (χ1) is 6.59. The number of carbonyl (C=O) groups is 1. The highest BCUT2D eigenvalue weighted by Gasteiger charge is 2.05. The molecule has 0 aromatic carbocycles.